The maximum atomic E-state index is 13.9. The first-order chi connectivity index (χ1) is 14.9. The van der Waals surface area contributed by atoms with E-state index in [0.29, 0.717) is 31.7 Å². The van der Waals surface area contributed by atoms with Gasteiger partial charge in [0.05, 0.1) is 11.9 Å². The third-order valence-corrected chi connectivity index (χ3v) is 5.83. The molecule has 1 aliphatic rings. The highest BCUT2D eigenvalue weighted by Crippen LogP contribution is 2.33. The number of rotatable bonds is 2. The highest BCUT2D eigenvalue weighted by Gasteiger charge is 2.36. The van der Waals surface area contributed by atoms with E-state index in [2.05, 4.69) is 35.8 Å². The van der Waals surface area contributed by atoms with Gasteiger partial charge in [-0.3, -0.25) is 4.79 Å². The maximum Gasteiger partial charge on any atom is 0.433 e. The van der Waals surface area contributed by atoms with Gasteiger partial charge in [-0.2, -0.15) is 18.3 Å². The van der Waals surface area contributed by atoms with Crippen molar-refractivity contribution < 1.29 is 18.0 Å². The zero-order valence-corrected chi connectivity index (χ0v) is 18.6. The molecule has 2 aromatic heterocycles. The number of alkyl halides is 3. The maximum absolute atomic E-state index is 13.9. The topological polar surface area (TPSA) is 53.7 Å². The van der Waals surface area contributed by atoms with E-state index in [-0.39, 0.29) is 28.2 Å². The minimum atomic E-state index is -4.65. The van der Waals surface area contributed by atoms with Crippen LogP contribution in [0, 0.1) is 0 Å². The van der Waals surface area contributed by atoms with Gasteiger partial charge in [-0.1, -0.05) is 45.0 Å². The van der Waals surface area contributed by atoms with Gasteiger partial charge in [-0.25, -0.2) is 9.50 Å². The lowest BCUT2D eigenvalue weighted by atomic mass is 9.86. The third-order valence-electron chi connectivity index (χ3n) is 5.83. The number of hydrogen-bond donors (Lipinski definition) is 0. The number of aromatic nitrogens is 3. The van der Waals surface area contributed by atoms with E-state index in [4.69, 9.17) is 0 Å². The monoisotopic (exact) mass is 445 g/mol. The summed E-state index contributed by atoms with van der Waals surface area (Å²) < 4.78 is 42.3. The van der Waals surface area contributed by atoms with Gasteiger partial charge in [0, 0.05) is 31.7 Å². The molecule has 1 saturated heterocycles. The van der Waals surface area contributed by atoms with Gasteiger partial charge < -0.3 is 9.80 Å². The molecule has 1 aromatic carbocycles. The number of halogens is 3. The Morgan fingerprint density at radius 3 is 2.19 bits per heavy atom. The zero-order chi connectivity index (χ0) is 23.3. The van der Waals surface area contributed by atoms with Crippen LogP contribution in [0.5, 0.6) is 0 Å². The van der Waals surface area contributed by atoms with Gasteiger partial charge in [0.1, 0.15) is 5.56 Å². The highest BCUT2D eigenvalue weighted by atomic mass is 19.4. The summed E-state index contributed by atoms with van der Waals surface area (Å²) in [6.07, 6.45) is -3.47. The molecule has 0 N–H and O–H groups in total. The number of carbonyl (C=O) groups excluding carboxylic acids is 1. The van der Waals surface area contributed by atoms with Gasteiger partial charge in [0.15, 0.2) is 11.3 Å². The molecule has 1 aliphatic heterocycles. The molecule has 0 radical (unpaired) electrons. The summed E-state index contributed by atoms with van der Waals surface area (Å²) in [4.78, 5) is 21.3. The molecule has 9 heteroatoms. The van der Waals surface area contributed by atoms with E-state index < -0.39 is 11.9 Å². The molecule has 4 rings (SSSR count). The van der Waals surface area contributed by atoms with E-state index >= 15 is 0 Å². The first-order valence-corrected chi connectivity index (χ1v) is 10.5. The van der Waals surface area contributed by atoms with Gasteiger partial charge in [-0.15, -0.1) is 0 Å². The smallest absolute Gasteiger partial charge is 0.336 e. The number of amides is 1. The lowest BCUT2D eigenvalue weighted by Crippen LogP contribution is -2.47. The van der Waals surface area contributed by atoms with Crippen molar-refractivity contribution in [1.82, 2.24) is 24.4 Å². The minimum Gasteiger partial charge on any atom is -0.336 e. The summed E-state index contributed by atoms with van der Waals surface area (Å²) in [7, 11) is 1.96. The Hall–Kier alpha value is -2.94. The van der Waals surface area contributed by atoms with Crippen molar-refractivity contribution in [3.05, 3.63) is 53.3 Å². The number of likely N-dealkylation sites (N-methyl/N-ethyl adjacent to an activating group) is 1. The van der Waals surface area contributed by atoms with Crippen LogP contribution in [0.4, 0.5) is 13.2 Å². The minimum absolute atomic E-state index is 0.0771. The first kappa shape index (κ1) is 22.3. The molecule has 3 aromatic rings. The van der Waals surface area contributed by atoms with Crippen LogP contribution in [-0.2, 0) is 11.6 Å². The molecular formula is C23H26F3N5O. The fourth-order valence-corrected chi connectivity index (χ4v) is 3.78. The summed E-state index contributed by atoms with van der Waals surface area (Å²) in [5, 5.41) is 3.87. The summed E-state index contributed by atoms with van der Waals surface area (Å²) in [6.45, 7) is 8.62. The molecule has 1 fully saturated rings. The van der Waals surface area contributed by atoms with E-state index in [1.807, 2.05) is 19.2 Å². The fraction of sp³-hybridized carbons (Fsp3) is 0.435. The SMILES string of the molecule is CN1CCN(C(=O)c2cnn3c(C(F)(F)F)cc(-c4ccc(C(C)(C)C)cc4)nc23)CC1. The standard InChI is InChI=1S/C23H26F3N5O/c1-22(2,3)16-7-5-15(6-8-16)18-13-19(23(24,25)26)31-20(28-18)17(14-27-31)21(32)30-11-9-29(4)10-12-30/h5-8,13-14H,9-12H2,1-4H3. The Morgan fingerprint density at radius 1 is 1.00 bits per heavy atom. The van der Waals surface area contributed by atoms with Crippen LogP contribution in [-0.4, -0.2) is 63.5 Å². The quantitative estimate of drug-likeness (QED) is 0.596. The van der Waals surface area contributed by atoms with Gasteiger partial charge >= 0.3 is 6.18 Å². The summed E-state index contributed by atoms with van der Waals surface area (Å²) >= 11 is 0. The second kappa shape index (κ2) is 7.88. The second-order valence-electron chi connectivity index (χ2n) is 9.24. The molecule has 0 unspecified atom stereocenters. The summed E-state index contributed by atoms with van der Waals surface area (Å²) in [5.41, 5.74) is 0.708. The number of piperazine rings is 1. The molecular weight excluding hydrogens is 419 g/mol. The molecule has 0 atom stereocenters. The fourth-order valence-electron chi connectivity index (χ4n) is 3.78. The number of carbonyl (C=O) groups is 1. The Labute approximate surface area is 184 Å². The van der Waals surface area contributed by atoms with Crippen molar-refractivity contribution in [3.63, 3.8) is 0 Å². The summed E-state index contributed by atoms with van der Waals surface area (Å²) in [5.74, 6) is -0.353. The molecule has 1 amide bonds. The largest absolute Gasteiger partial charge is 0.433 e. The second-order valence-corrected chi connectivity index (χ2v) is 9.24. The van der Waals surface area contributed by atoms with Gasteiger partial charge in [0.25, 0.3) is 5.91 Å². The number of hydrogen-bond acceptors (Lipinski definition) is 4. The third kappa shape index (κ3) is 4.21. The predicted molar refractivity (Wildman–Crippen MR) is 116 cm³/mol. The highest BCUT2D eigenvalue weighted by molar-refractivity contribution is 6.00. The van der Waals surface area contributed by atoms with Gasteiger partial charge in [0.2, 0.25) is 0 Å². The van der Waals surface area contributed by atoms with E-state index in [0.717, 1.165) is 16.1 Å². The average Bonchev–Trinajstić information content (AvgIpc) is 3.15. The molecule has 0 spiro atoms. The van der Waals surface area contributed by atoms with E-state index in [1.54, 1.807) is 17.0 Å². The summed E-state index contributed by atoms with van der Waals surface area (Å²) in [6, 6.07) is 8.29. The van der Waals surface area contributed by atoms with Crippen LogP contribution in [0.1, 0.15) is 42.4 Å². The molecule has 170 valence electrons. The molecule has 32 heavy (non-hydrogen) atoms. The van der Waals surface area contributed by atoms with Crippen LogP contribution in [0.25, 0.3) is 16.9 Å². The van der Waals surface area contributed by atoms with Crippen LogP contribution in [0.3, 0.4) is 0 Å². The van der Waals surface area contributed by atoms with Crippen molar-refractivity contribution >= 4 is 11.6 Å². The average molecular weight is 445 g/mol. The number of benzene rings is 1. The van der Waals surface area contributed by atoms with Crippen LogP contribution in [0.2, 0.25) is 0 Å². The molecule has 3 heterocycles. The van der Waals surface area contributed by atoms with E-state index in [9.17, 15) is 18.0 Å². The number of fused-ring (bicyclic) bond motifs is 1. The zero-order valence-electron chi connectivity index (χ0n) is 18.6. The normalized spacial score (nSPS) is 16.0. The van der Waals surface area contributed by atoms with Gasteiger partial charge in [-0.05, 0) is 24.1 Å². The molecule has 0 aliphatic carbocycles. The van der Waals surface area contributed by atoms with Crippen molar-refractivity contribution in [2.75, 3.05) is 33.2 Å². The molecule has 0 bridgehead atoms. The van der Waals surface area contributed by atoms with E-state index in [1.165, 1.54) is 6.20 Å². The lowest BCUT2D eigenvalue weighted by molar-refractivity contribution is -0.142. The Balaban J connectivity index is 1.81. The van der Waals surface area contributed by atoms with Crippen molar-refractivity contribution in [3.8, 4) is 11.3 Å². The van der Waals surface area contributed by atoms with Crippen molar-refractivity contribution in [2.24, 2.45) is 0 Å². The lowest BCUT2D eigenvalue weighted by Gasteiger charge is -2.32. The first-order valence-electron chi connectivity index (χ1n) is 10.5. The van der Waals surface area contributed by atoms with Crippen molar-refractivity contribution in [2.45, 2.75) is 32.4 Å². The van der Waals surface area contributed by atoms with Crippen LogP contribution >= 0.6 is 0 Å². The molecule has 0 saturated carbocycles. The Morgan fingerprint density at radius 2 is 1.62 bits per heavy atom. The Kier molecular flexibility index (Phi) is 5.48. The van der Waals surface area contributed by atoms with Crippen LogP contribution < -0.4 is 0 Å². The molecule has 6 nitrogen and oxygen atoms in total. The Bertz CT molecular complexity index is 1140. The van der Waals surface area contributed by atoms with Crippen molar-refractivity contribution in [1.29, 1.82) is 0 Å². The van der Waals surface area contributed by atoms with Crippen LogP contribution in [0.15, 0.2) is 36.5 Å². The number of nitrogens with zero attached hydrogens (tertiary/aromatic N) is 5. The predicted octanol–water partition coefficient (Wildman–Crippen LogP) is 4.10.